The van der Waals surface area contributed by atoms with E-state index in [1.54, 1.807) is 6.07 Å². The Bertz CT molecular complexity index is 1220. The van der Waals surface area contributed by atoms with E-state index in [9.17, 15) is 8.42 Å². The second-order valence-electron chi connectivity index (χ2n) is 7.98. The number of aryl methyl sites for hydroxylation is 2. The number of aromatic nitrogens is 2. The second-order valence-corrected chi connectivity index (χ2v) is 9.81. The smallest absolute Gasteiger partial charge is 0.267 e. The van der Waals surface area contributed by atoms with E-state index in [0.717, 1.165) is 36.1 Å². The summed E-state index contributed by atoms with van der Waals surface area (Å²) in [5.41, 5.74) is 3.18. The van der Waals surface area contributed by atoms with E-state index in [2.05, 4.69) is 0 Å². The molecule has 3 heterocycles. The van der Waals surface area contributed by atoms with Gasteiger partial charge in [0, 0.05) is 13.2 Å². The van der Waals surface area contributed by atoms with E-state index in [1.165, 1.54) is 4.31 Å². The van der Waals surface area contributed by atoms with Crippen LogP contribution in [0.5, 0.6) is 0 Å². The predicted molar refractivity (Wildman–Crippen MR) is 116 cm³/mol. The Morgan fingerprint density at radius 1 is 1.07 bits per heavy atom. The Balaban J connectivity index is 1.62. The quantitative estimate of drug-likeness (QED) is 0.639. The molecular formula is C22H24N4O3S. The monoisotopic (exact) mass is 424 g/mol. The molecule has 7 nitrogen and oxygen atoms in total. The Hall–Kier alpha value is -2.71. The highest BCUT2D eigenvalue weighted by Gasteiger charge is 2.39. The molecule has 0 amide bonds. The molecule has 0 N–H and O–H groups in total. The lowest BCUT2D eigenvalue weighted by Crippen LogP contribution is -2.39. The summed E-state index contributed by atoms with van der Waals surface area (Å²) in [4.78, 5) is 11.8. The van der Waals surface area contributed by atoms with Crippen molar-refractivity contribution in [2.24, 2.45) is 0 Å². The van der Waals surface area contributed by atoms with Crippen LogP contribution in [0.15, 0.2) is 47.4 Å². The van der Waals surface area contributed by atoms with Gasteiger partial charge in [0.05, 0.1) is 22.0 Å². The lowest BCUT2D eigenvalue weighted by atomic mass is 10.2. The summed E-state index contributed by atoms with van der Waals surface area (Å²) in [6.07, 6.45) is 2.07. The normalized spacial score (nSPS) is 18.9. The van der Waals surface area contributed by atoms with Crippen LogP contribution in [0.2, 0.25) is 0 Å². The van der Waals surface area contributed by atoms with Crippen LogP contribution in [0.25, 0.3) is 11.0 Å². The van der Waals surface area contributed by atoms with Crippen LogP contribution in [0.1, 0.15) is 24.0 Å². The van der Waals surface area contributed by atoms with Crippen molar-refractivity contribution in [2.75, 3.05) is 29.0 Å². The average Bonchev–Trinajstić information content (AvgIpc) is 3.35. The van der Waals surface area contributed by atoms with Crippen molar-refractivity contribution >= 4 is 32.7 Å². The van der Waals surface area contributed by atoms with Gasteiger partial charge in [-0.05, 0) is 50.5 Å². The van der Waals surface area contributed by atoms with Crippen LogP contribution in [0.4, 0.5) is 11.6 Å². The zero-order valence-corrected chi connectivity index (χ0v) is 17.9. The second kappa shape index (κ2) is 7.21. The number of hydrogen-bond acceptors (Lipinski definition) is 6. The molecule has 2 aliphatic heterocycles. The molecule has 156 valence electrons. The molecule has 8 heteroatoms. The van der Waals surface area contributed by atoms with Crippen molar-refractivity contribution < 1.29 is 13.2 Å². The van der Waals surface area contributed by atoms with Gasteiger partial charge >= 0.3 is 0 Å². The Labute approximate surface area is 176 Å². The first-order valence-electron chi connectivity index (χ1n) is 10.2. The molecule has 30 heavy (non-hydrogen) atoms. The minimum atomic E-state index is -3.79. The number of fused-ring (bicyclic) bond motifs is 2. The fourth-order valence-corrected chi connectivity index (χ4v) is 5.81. The zero-order valence-electron chi connectivity index (χ0n) is 17.1. The van der Waals surface area contributed by atoms with Gasteiger partial charge in [-0.15, -0.1) is 0 Å². The molecule has 0 aliphatic carbocycles. The van der Waals surface area contributed by atoms with E-state index < -0.39 is 10.0 Å². The summed E-state index contributed by atoms with van der Waals surface area (Å²) in [6, 6.07) is 12.9. The van der Waals surface area contributed by atoms with Gasteiger partial charge in [0.15, 0.2) is 11.6 Å². The van der Waals surface area contributed by atoms with Crippen molar-refractivity contribution in [3.8, 4) is 0 Å². The van der Waals surface area contributed by atoms with Crippen molar-refractivity contribution in [1.29, 1.82) is 0 Å². The number of rotatable bonds is 4. The fourth-order valence-electron chi connectivity index (χ4n) is 4.23. The highest BCUT2D eigenvalue weighted by atomic mass is 32.2. The summed E-state index contributed by atoms with van der Waals surface area (Å²) in [5, 5.41) is 0. The van der Waals surface area contributed by atoms with Crippen molar-refractivity contribution in [3.05, 3.63) is 53.6 Å². The van der Waals surface area contributed by atoms with Crippen LogP contribution in [-0.4, -0.2) is 44.3 Å². The number of benzene rings is 2. The molecule has 0 radical (unpaired) electrons. The number of para-hydroxylation sites is 2. The molecule has 0 saturated carbocycles. The molecule has 2 aliphatic rings. The zero-order chi connectivity index (χ0) is 20.9. The molecule has 1 atom stereocenters. The topological polar surface area (TPSA) is 75.6 Å². The molecule has 1 saturated heterocycles. The van der Waals surface area contributed by atoms with Crippen LogP contribution >= 0.6 is 0 Å². The maximum atomic E-state index is 13.6. The first kappa shape index (κ1) is 19.3. The van der Waals surface area contributed by atoms with Gasteiger partial charge in [-0.1, -0.05) is 29.8 Å². The Morgan fingerprint density at radius 3 is 2.47 bits per heavy atom. The highest BCUT2D eigenvalue weighted by Crippen LogP contribution is 2.38. The molecule has 1 aromatic heterocycles. The van der Waals surface area contributed by atoms with Crippen LogP contribution in [0.3, 0.4) is 0 Å². The summed E-state index contributed by atoms with van der Waals surface area (Å²) >= 11 is 0. The molecule has 0 unspecified atom stereocenters. The van der Waals surface area contributed by atoms with Gasteiger partial charge in [-0.25, -0.2) is 22.7 Å². The van der Waals surface area contributed by atoms with Gasteiger partial charge in [0.2, 0.25) is 0 Å². The number of ether oxygens (including phenoxy) is 1. The lowest BCUT2D eigenvalue weighted by Gasteiger charge is -2.23. The molecule has 2 aromatic carbocycles. The van der Waals surface area contributed by atoms with Gasteiger partial charge in [-0.2, -0.15) is 0 Å². The number of nitrogens with zero attached hydrogens (tertiary/aromatic N) is 4. The van der Waals surface area contributed by atoms with Gasteiger partial charge in [0.1, 0.15) is 6.67 Å². The average molecular weight is 425 g/mol. The molecule has 3 aromatic rings. The molecule has 0 bridgehead atoms. The Morgan fingerprint density at radius 2 is 1.80 bits per heavy atom. The van der Waals surface area contributed by atoms with E-state index in [1.807, 2.05) is 55.1 Å². The molecule has 0 spiro atoms. The third kappa shape index (κ3) is 3.20. The number of anilines is 2. The predicted octanol–water partition coefficient (Wildman–Crippen LogP) is 3.40. The lowest BCUT2D eigenvalue weighted by molar-refractivity contribution is 0.116. The van der Waals surface area contributed by atoms with Crippen molar-refractivity contribution in [1.82, 2.24) is 9.97 Å². The van der Waals surface area contributed by atoms with Gasteiger partial charge < -0.3 is 9.64 Å². The summed E-state index contributed by atoms with van der Waals surface area (Å²) in [7, 11) is -3.79. The van der Waals surface area contributed by atoms with Crippen LogP contribution in [0, 0.1) is 13.8 Å². The third-order valence-electron chi connectivity index (χ3n) is 5.72. The first-order chi connectivity index (χ1) is 14.4. The van der Waals surface area contributed by atoms with Crippen molar-refractivity contribution in [3.63, 3.8) is 0 Å². The minimum Gasteiger partial charge on any atom is -0.376 e. The van der Waals surface area contributed by atoms with Crippen LogP contribution in [-0.2, 0) is 14.8 Å². The van der Waals surface area contributed by atoms with Crippen LogP contribution < -0.4 is 9.21 Å². The SMILES string of the molecule is Cc1ccc(S(=O)(=O)N2CN(C[C@H]3CCCO3)c3nc4ccccc4nc32)c(C)c1. The largest absolute Gasteiger partial charge is 0.376 e. The number of hydrogen-bond donors (Lipinski definition) is 0. The standard InChI is InChI=1S/C22H24N4O3S/c1-15-9-10-20(16(2)12-15)30(27,28)26-14-25(13-17-6-5-11-29-17)21-22(26)24-19-8-4-3-7-18(19)23-21/h3-4,7-10,12,17H,5-6,11,13-14H2,1-2H3/t17-/m1/s1. The molecular weight excluding hydrogens is 400 g/mol. The number of sulfonamides is 1. The van der Waals surface area contributed by atoms with E-state index in [4.69, 9.17) is 14.7 Å². The van der Waals surface area contributed by atoms with Gasteiger partial charge in [-0.3, -0.25) is 0 Å². The van der Waals surface area contributed by atoms with E-state index in [0.29, 0.717) is 28.6 Å². The summed E-state index contributed by atoms with van der Waals surface area (Å²) < 4.78 is 34.5. The maximum Gasteiger partial charge on any atom is 0.267 e. The third-order valence-corrected chi connectivity index (χ3v) is 7.60. The first-order valence-corrected chi connectivity index (χ1v) is 11.6. The van der Waals surface area contributed by atoms with E-state index in [-0.39, 0.29) is 12.8 Å². The fraction of sp³-hybridized carbons (Fsp3) is 0.364. The Kier molecular flexibility index (Phi) is 4.63. The minimum absolute atomic E-state index is 0.0786. The van der Waals surface area contributed by atoms with Gasteiger partial charge in [0.25, 0.3) is 10.0 Å². The highest BCUT2D eigenvalue weighted by molar-refractivity contribution is 7.93. The summed E-state index contributed by atoms with van der Waals surface area (Å²) in [5.74, 6) is 0.976. The molecule has 1 fully saturated rings. The summed E-state index contributed by atoms with van der Waals surface area (Å²) in [6.45, 7) is 5.31. The maximum absolute atomic E-state index is 13.6. The van der Waals surface area contributed by atoms with Crippen molar-refractivity contribution in [2.45, 2.75) is 37.7 Å². The van der Waals surface area contributed by atoms with E-state index >= 15 is 0 Å². The molecule has 5 rings (SSSR count).